The van der Waals surface area contributed by atoms with Gasteiger partial charge in [0.15, 0.2) is 0 Å². The van der Waals surface area contributed by atoms with Crippen molar-refractivity contribution in [2.75, 3.05) is 11.4 Å². The smallest absolute Gasteiger partial charge is 0.240 e. The van der Waals surface area contributed by atoms with Crippen molar-refractivity contribution in [3.8, 4) is 0 Å². The second kappa shape index (κ2) is 8.19. The maximum Gasteiger partial charge on any atom is 0.240 e. The van der Waals surface area contributed by atoms with Gasteiger partial charge in [-0.1, -0.05) is 54.1 Å². The Bertz CT molecular complexity index is 1120. The molecule has 0 radical (unpaired) electrons. The molecule has 0 fully saturated rings. The molecule has 0 aliphatic carbocycles. The van der Waals surface area contributed by atoms with Crippen LogP contribution in [0.4, 0.5) is 5.69 Å². The van der Waals surface area contributed by atoms with Gasteiger partial charge < -0.3 is 4.90 Å². The van der Waals surface area contributed by atoms with Crippen LogP contribution in [0.1, 0.15) is 16.7 Å². The van der Waals surface area contributed by atoms with E-state index in [0.29, 0.717) is 29.4 Å². The molecular weight excluding hydrogens is 404 g/mol. The molecule has 0 saturated carbocycles. The Kier molecular flexibility index (Phi) is 5.63. The minimum absolute atomic E-state index is 0.241. The lowest BCUT2D eigenvalue weighted by Crippen LogP contribution is -2.48. The topological polar surface area (TPSA) is 49.4 Å². The van der Waals surface area contributed by atoms with Crippen LogP contribution < -0.4 is 9.62 Å². The molecule has 0 aromatic heterocycles. The normalized spacial score (nSPS) is 16.5. The highest BCUT2D eigenvalue weighted by Crippen LogP contribution is 2.31. The third-order valence-electron chi connectivity index (χ3n) is 5.13. The Morgan fingerprint density at radius 2 is 1.83 bits per heavy atom. The third-order valence-corrected chi connectivity index (χ3v) is 6.88. The minimum Gasteiger partial charge on any atom is -0.365 e. The lowest BCUT2D eigenvalue weighted by Gasteiger charge is -2.36. The van der Waals surface area contributed by atoms with Crippen molar-refractivity contribution < 1.29 is 8.42 Å². The van der Waals surface area contributed by atoms with Gasteiger partial charge >= 0.3 is 0 Å². The van der Waals surface area contributed by atoms with Crippen LogP contribution in [0.15, 0.2) is 77.7 Å². The summed E-state index contributed by atoms with van der Waals surface area (Å²) in [6, 6.07) is 22.8. The van der Waals surface area contributed by atoms with E-state index in [1.165, 1.54) is 5.56 Å². The number of fused-ring (bicyclic) bond motifs is 1. The summed E-state index contributed by atoms with van der Waals surface area (Å²) in [6.07, 6.45) is 0.603. The summed E-state index contributed by atoms with van der Waals surface area (Å²) < 4.78 is 28.8. The van der Waals surface area contributed by atoms with E-state index in [9.17, 15) is 8.42 Å². The van der Waals surface area contributed by atoms with E-state index in [-0.39, 0.29) is 6.04 Å². The van der Waals surface area contributed by atoms with Crippen LogP contribution in [-0.4, -0.2) is 21.0 Å². The van der Waals surface area contributed by atoms with Gasteiger partial charge in [-0.15, -0.1) is 0 Å². The summed E-state index contributed by atoms with van der Waals surface area (Å²) in [6.45, 7) is 3.19. The molecule has 3 aromatic rings. The van der Waals surface area contributed by atoms with E-state index in [1.807, 2.05) is 49.4 Å². The van der Waals surface area contributed by atoms with Crippen molar-refractivity contribution in [2.45, 2.75) is 30.8 Å². The van der Waals surface area contributed by atoms with Crippen molar-refractivity contribution in [3.05, 3.63) is 94.5 Å². The van der Waals surface area contributed by atoms with Gasteiger partial charge in [-0.3, -0.25) is 0 Å². The molecule has 1 N–H and O–H groups in total. The lowest BCUT2D eigenvalue weighted by atomic mass is 9.98. The fourth-order valence-electron chi connectivity index (χ4n) is 3.82. The molecule has 1 aliphatic rings. The maximum absolute atomic E-state index is 12.9. The summed E-state index contributed by atoms with van der Waals surface area (Å²) in [4.78, 5) is 2.51. The fourth-order valence-corrected chi connectivity index (χ4v) is 5.35. The Morgan fingerprint density at radius 1 is 1.03 bits per heavy atom. The molecule has 29 heavy (non-hydrogen) atoms. The van der Waals surface area contributed by atoms with Crippen LogP contribution in [0.2, 0.25) is 5.02 Å². The predicted molar refractivity (Wildman–Crippen MR) is 118 cm³/mol. The number of hydrogen-bond acceptors (Lipinski definition) is 3. The molecule has 0 amide bonds. The molecule has 1 heterocycles. The number of halogens is 1. The molecule has 3 aromatic carbocycles. The van der Waals surface area contributed by atoms with Crippen LogP contribution >= 0.6 is 11.6 Å². The van der Waals surface area contributed by atoms with Crippen LogP contribution in [0, 0.1) is 6.92 Å². The number of aryl methyl sites for hydroxylation is 1. The molecule has 1 aliphatic heterocycles. The number of sulfonamides is 1. The number of nitrogens with zero attached hydrogens (tertiary/aromatic N) is 1. The molecular formula is C23H23ClN2O2S. The number of anilines is 1. The van der Waals surface area contributed by atoms with Crippen molar-refractivity contribution in [3.63, 3.8) is 0 Å². The average Bonchev–Trinajstić information content (AvgIpc) is 2.68. The van der Waals surface area contributed by atoms with Gasteiger partial charge in [0.1, 0.15) is 0 Å². The Hall–Kier alpha value is -2.34. The van der Waals surface area contributed by atoms with Crippen molar-refractivity contribution in [1.82, 2.24) is 4.72 Å². The molecule has 1 atom stereocenters. The monoisotopic (exact) mass is 426 g/mol. The standard InChI is InChI=1S/C23H23ClN2O2S/c1-17-6-5-9-22(12-17)29(27,28)25-21-14-19-13-20(24)10-11-23(19)26(16-21)15-18-7-3-2-4-8-18/h2-13,21,25H,14-16H2,1H3. The lowest BCUT2D eigenvalue weighted by molar-refractivity contribution is 0.524. The molecule has 0 bridgehead atoms. The number of benzene rings is 3. The van der Waals surface area contributed by atoms with Crippen molar-refractivity contribution in [2.24, 2.45) is 0 Å². The summed E-state index contributed by atoms with van der Waals surface area (Å²) in [5.74, 6) is 0. The SMILES string of the molecule is Cc1cccc(S(=O)(=O)NC2Cc3cc(Cl)ccc3N(Cc3ccccc3)C2)c1. The molecule has 1 unspecified atom stereocenters. The number of hydrogen-bond donors (Lipinski definition) is 1. The van der Waals surface area contributed by atoms with E-state index in [2.05, 4.69) is 21.8 Å². The van der Waals surface area contributed by atoms with Gasteiger partial charge in [0.05, 0.1) is 4.90 Å². The van der Waals surface area contributed by atoms with Gasteiger partial charge in [0.2, 0.25) is 10.0 Å². The molecule has 6 heteroatoms. The van der Waals surface area contributed by atoms with Crippen LogP contribution in [0.25, 0.3) is 0 Å². The van der Waals surface area contributed by atoms with E-state index in [4.69, 9.17) is 11.6 Å². The second-order valence-electron chi connectivity index (χ2n) is 7.48. The summed E-state index contributed by atoms with van der Waals surface area (Å²) >= 11 is 6.22. The second-order valence-corrected chi connectivity index (χ2v) is 9.63. The van der Waals surface area contributed by atoms with Gasteiger partial charge in [-0.2, -0.15) is 0 Å². The van der Waals surface area contributed by atoms with E-state index in [1.54, 1.807) is 18.2 Å². The van der Waals surface area contributed by atoms with Crippen molar-refractivity contribution in [1.29, 1.82) is 0 Å². The van der Waals surface area contributed by atoms with E-state index >= 15 is 0 Å². The maximum atomic E-state index is 12.9. The van der Waals surface area contributed by atoms with Gasteiger partial charge in [0, 0.05) is 29.8 Å². The zero-order chi connectivity index (χ0) is 20.4. The highest BCUT2D eigenvalue weighted by atomic mass is 35.5. The first-order valence-electron chi connectivity index (χ1n) is 9.57. The van der Waals surface area contributed by atoms with Crippen LogP contribution in [0.5, 0.6) is 0 Å². The zero-order valence-electron chi connectivity index (χ0n) is 16.2. The van der Waals surface area contributed by atoms with E-state index in [0.717, 1.165) is 16.8 Å². The molecule has 0 spiro atoms. The van der Waals surface area contributed by atoms with E-state index < -0.39 is 10.0 Å². The van der Waals surface area contributed by atoms with Gasteiger partial charge in [-0.05, 0) is 60.4 Å². The fraction of sp³-hybridized carbons (Fsp3) is 0.217. The average molecular weight is 427 g/mol. The zero-order valence-corrected chi connectivity index (χ0v) is 17.7. The van der Waals surface area contributed by atoms with Crippen LogP contribution in [-0.2, 0) is 23.0 Å². The first-order chi connectivity index (χ1) is 13.9. The van der Waals surface area contributed by atoms with Crippen LogP contribution in [0.3, 0.4) is 0 Å². The Balaban J connectivity index is 1.62. The molecule has 4 rings (SSSR count). The first kappa shape index (κ1) is 20.0. The Morgan fingerprint density at radius 3 is 2.59 bits per heavy atom. The van der Waals surface area contributed by atoms with Gasteiger partial charge in [0.25, 0.3) is 0 Å². The molecule has 4 nitrogen and oxygen atoms in total. The predicted octanol–water partition coefficient (Wildman–Crippen LogP) is 4.56. The number of rotatable bonds is 5. The molecule has 0 saturated heterocycles. The van der Waals surface area contributed by atoms with Crippen molar-refractivity contribution >= 4 is 27.3 Å². The Labute approximate surface area is 177 Å². The number of nitrogens with one attached hydrogen (secondary N) is 1. The first-order valence-corrected chi connectivity index (χ1v) is 11.4. The highest BCUT2D eigenvalue weighted by molar-refractivity contribution is 7.89. The summed E-state index contributed by atoms with van der Waals surface area (Å²) in [5.41, 5.74) is 4.25. The highest BCUT2D eigenvalue weighted by Gasteiger charge is 2.28. The summed E-state index contributed by atoms with van der Waals surface area (Å²) in [7, 11) is -3.60. The third kappa shape index (κ3) is 4.64. The van der Waals surface area contributed by atoms with Gasteiger partial charge in [-0.25, -0.2) is 13.1 Å². The summed E-state index contributed by atoms with van der Waals surface area (Å²) in [5, 5.41) is 0.658. The largest absolute Gasteiger partial charge is 0.365 e. The minimum atomic E-state index is -3.60. The quantitative estimate of drug-likeness (QED) is 0.650. The molecule has 150 valence electrons.